The number of benzene rings is 2. The molecule has 1 N–H and O–H groups in total. The number of carbonyl (C=O) groups excluding carboxylic acids is 1. The van der Waals surface area contributed by atoms with Gasteiger partial charge in [-0.2, -0.15) is 0 Å². The minimum absolute atomic E-state index is 0.280. The van der Waals surface area contributed by atoms with E-state index in [1.807, 2.05) is 12.1 Å². The van der Waals surface area contributed by atoms with Crippen LogP contribution in [0.15, 0.2) is 51.4 Å². The minimum Gasteiger partial charge on any atom is -0.321 e. The summed E-state index contributed by atoms with van der Waals surface area (Å²) in [6, 6.07) is 11.0. The van der Waals surface area contributed by atoms with Crippen LogP contribution in [0.2, 0.25) is 0 Å². The third-order valence-electron chi connectivity index (χ3n) is 2.26. The van der Waals surface area contributed by atoms with Gasteiger partial charge in [0.2, 0.25) is 0 Å². The standard InChI is InChI=1S/C13H8Br2FNO/c14-9-4-5-11(15)12(7-9)17-13(18)8-2-1-3-10(16)6-8/h1-7H,(H,17,18). The number of rotatable bonds is 2. The molecule has 2 rings (SSSR count). The average Bonchev–Trinajstić information content (AvgIpc) is 2.34. The number of anilines is 1. The zero-order valence-electron chi connectivity index (χ0n) is 9.08. The van der Waals surface area contributed by atoms with E-state index in [1.54, 1.807) is 12.1 Å². The summed E-state index contributed by atoms with van der Waals surface area (Å²) in [7, 11) is 0. The number of nitrogens with one attached hydrogen (secondary N) is 1. The van der Waals surface area contributed by atoms with Crippen molar-refractivity contribution < 1.29 is 9.18 Å². The molecule has 0 spiro atoms. The van der Waals surface area contributed by atoms with Crippen LogP contribution in [0, 0.1) is 5.82 Å². The molecule has 0 aliphatic heterocycles. The van der Waals surface area contributed by atoms with Gasteiger partial charge in [0.1, 0.15) is 5.82 Å². The van der Waals surface area contributed by atoms with Crippen molar-refractivity contribution in [3.63, 3.8) is 0 Å². The summed E-state index contributed by atoms with van der Waals surface area (Å²) in [5.74, 6) is -0.788. The highest BCUT2D eigenvalue weighted by Gasteiger charge is 2.09. The Bertz CT molecular complexity index is 601. The summed E-state index contributed by atoms with van der Waals surface area (Å²) >= 11 is 6.66. The van der Waals surface area contributed by atoms with Gasteiger partial charge >= 0.3 is 0 Å². The second-order valence-electron chi connectivity index (χ2n) is 3.59. The molecule has 0 fully saturated rings. The van der Waals surface area contributed by atoms with Crippen molar-refractivity contribution in [2.24, 2.45) is 0 Å². The van der Waals surface area contributed by atoms with Crippen LogP contribution in [-0.4, -0.2) is 5.91 Å². The molecule has 2 nitrogen and oxygen atoms in total. The normalized spacial score (nSPS) is 10.2. The third-order valence-corrected chi connectivity index (χ3v) is 3.45. The summed E-state index contributed by atoms with van der Waals surface area (Å²) < 4.78 is 14.6. The third kappa shape index (κ3) is 3.17. The number of hydrogen-bond donors (Lipinski definition) is 1. The zero-order chi connectivity index (χ0) is 13.1. The Hall–Kier alpha value is -1.20. The fourth-order valence-corrected chi connectivity index (χ4v) is 2.12. The van der Waals surface area contributed by atoms with Crippen LogP contribution in [0.5, 0.6) is 0 Å². The molecule has 2 aromatic carbocycles. The Kier molecular flexibility index (Phi) is 4.14. The lowest BCUT2D eigenvalue weighted by molar-refractivity contribution is 0.102. The van der Waals surface area contributed by atoms with Crippen LogP contribution in [-0.2, 0) is 0 Å². The van der Waals surface area contributed by atoms with Gasteiger partial charge in [-0.05, 0) is 52.3 Å². The molecule has 0 saturated carbocycles. The Labute approximate surface area is 120 Å². The highest BCUT2D eigenvalue weighted by atomic mass is 79.9. The monoisotopic (exact) mass is 371 g/mol. The van der Waals surface area contributed by atoms with Crippen molar-refractivity contribution in [2.75, 3.05) is 5.32 Å². The smallest absolute Gasteiger partial charge is 0.255 e. The molecule has 0 aliphatic rings. The molecule has 0 aliphatic carbocycles. The van der Waals surface area contributed by atoms with Gasteiger partial charge in [0, 0.05) is 14.5 Å². The Balaban J connectivity index is 2.24. The Morgan fingerprint density at radius 1 is 1.11 bits per heavy atom. The number of halogens is 3. The predicted molar refractivity (Wildman–Crippen MR) is 76.2 cm³/mol. The van der Waals surface area contributed by atoms with Gasteiger partial charge in [-0.1, -0.05) is 22.0 Å². The van der Waals surface area contributed by atoms with Crippen LogP contribution in [0.1, 0.15) is 10.4 Å². The first kappa shape index (κ1) is 13.2. The van der Waals surface area contributed by atoms with E-state index in [1.165, 1.54) is 18.2 Å². The fraction of sp³-hybridized carbons (Fsp3) is 0. The van der Waals surface area contributed by atoms with E-state index < -0.39 is 5.82 Å². The maximum absolute atomic E-state index is 13.0. The summed E-state index contributed by atoms with van der Waals surface area (Å²) in [5, 5.41) is 2.71. The molecule has 5 heteroatoms. The van der Waals surface area contributed by atoms with Crippen LogP contribution in [0.3, 0.4) is 0 Å². The number of carbonyl (C=O) groups is 1. The molecule has 18 heavy (non-hydrogen) atoms. The molecule has 0 unspecified atom stereocenters. The van der Waals surface area contributed by atoms with Gasteiger partial charge in [-0.3, -0.25) is 4.79 Å². The summed E-state index contributed by atoms with van der Waals surface area (Å²) in [6.07, 6.45) is 0. The van der Waals surface area contributed by atoms with E-state index in [4.69, 9.17) is 0 Å². The molecule has 0 heterocycles. The number of hydrogen-bond acceptors (Lipinski definition) is 1. The van der Waals surface area contributed by atoms with E-state index >= 15 is 0 Å². The fourth-order valence-electron chi connectivity index (χ4n) is 1.42. The van der Waals surface area contributed by atoms with E-state index in [2.05, 4.69) is 37.2 Å². The van der Waals surface area contributed by atoms with Gasteiger partial charge in [-0.25, -0.2) is 4.39 Å². The van der Waals surface area contributed by atoms with Gasteiger partial charge in [0.25, 0.3) is 5.91 Å². The van der Waals surface area contributed by atoms with Crippen molar-refractivity contribution in [3.05, 3.63) is 62.8 Å². The minimum atomic E-state index is -0.434. The first-order chi connectivity index (χ1) is 8.56. The van der Waals surface area contributed by atoms with Crippen LogP contribution in [0.25, 0.3) is 0 Å². The molecule has 0 aromatic heterocycles. The summed E-state index contributed by atoms with van der Waals surface area (Å²) in [4.78, 5) is 11.9. The number of amides is 1. The molecule has 0 atom stereocenters. The van der Waals surface area contributed by atoms with Crippen molar-refractivity contribution in [2.45, 2.75) is 0 Å². The van der Waals surface area contributed by atoms with Crippen LogP contribution >= 0.6 is 31.9 Å². The molecular formula is C13H8Br2FNO. The topological polar surface area (TPSA) is 29.1 Å². The van der Waals surface area contributed by atoms with Crippen molar-refractivity contribution in [1.82, 2.24) is 0 Å². The van der Waals surface area contributed by atoms with E-state index in [9.17, 15) is 9.18 Å². The summed E-state index contributed by atoms with van der Waals surface area (Å²) in [6.45, 7) is 0. The molecule has 2 aromatic rings. The quantitative estimate of drug-likeness (QED) is 0.819. The van der Waals surface area contributed by atoms with E-state index in [-0.39, 0.29) is 11.5 Å². The average molecular weight is 373 g/mol. The Morgan fingerprint density at radius 3 is 2.61 bits per heavy atom. The van der Waals surface area contributed by atoms with Gasteiger partial charge < -0.3 is 5.32 Å². The van der Waals surface area contributed by atoms with Gasteiger partial charge in [0.15, 0.2) is 0 Å². The maximum atomic E-state index is 13.0. The van der Waals surface area contributed by atoms with E-state index in [0.29, 0.717) is 5.69 Å². The molecule has 0 radical (unpaired) electrons. The van der Waals surface area contributed by atoms with Crippen LogP contribution < -0.4 is 5.32 Å². The molecular weight excluding hydrogens is 365 g/mol. The highest BCUT2D eigenvalue weighted by molar-refractivity contribution is 9.11. The van der Waals surface area contributed by atoms with Crippen LogP contribution in [0.4, 0.5) is 10.1 Å². The molecule has 1 amide bonds. The van der Waals surface area contributed by atoms with E-state index in [0.717, 1.165) is 8.95 Å². The lowest BCUT2D eigenvalue weighted by Gasteiger charge is -2.08. The lowest BCUT2D eigenvalue weighted by atomic mass is 10.2. The second-order valence-corrected chi connectivity index (χ2v) is 5.36. The van der Waals surface area contributed by atoms with Gasteiger partial charge in [-0.15, -0.1) is 0 Å². The Morgan fingerprint density at radius 2 is 1.89 bits per heavy atom. The summed E-state index contributed by atoms with van der Waals surface area (Å²) in [5.41, 5.74) is 0.903. The second kappa shape index (κ2) is 5.63. The SMILES string of the molecule is O=C(Nc1cc(Br)ccc1Br)c1cccc(F)c1. The highest BCUT2D eigenvalue weighted by Crippen LogP contribution is 2.26. The molecule has 92 valence electrons. The zero-order valence-corrected chi connectivity index (χ0v) is 12.3. The van der Waals surface area contributed by atoms with Crippen molar-refractivity contribution in [1.29, 1.82) is 0 Å². The largest absolute Gasteiger partial charge is 0.321 e. The molecule has 0 bridgehead atoms. The predicted octanol–water partition coefficient (Wildman–Crippen LogP) is 4.60. The first-order valence-corrected chi connectivity index (χ1v) is 6.67. The molecule has 0 saturated heterocycles. The van der Waals surface area contributed by atoms with Gasteiger partial charge in [0.05, 0.1) is 5.69 Å². The first-order valence-electron chi connectivity index (χ1n) is 5.08. The van der Waals surface area contributed by atoms with Crippen molar-refractivity contribution in [3.8, 4) is 0 Å². The maximum Gasteiger partial charge on any atom is 0.255 e. The van der Waals surface area contributed by atoms with Crippen molar-refractivity contribution >= 4 is 43.5 Å². The lowest BCUT2D eigenvalue weighted by Crippen LogP contribution is -2.12.